The largest absolute Gasteiger partial charge is 0.494 e. The van der Waals surface area contributed by atoms with Gasteiger partial charge in [-0.25, -0.2) is 0 Å². The molecule has 7 heteroatoms. The normalized spacial score (nSPS) is 14.9. The first-order valence-corrected chi connectivity index (χ1v) is 14.1. The van der Waals surface area contributed by atoms with Crippen LogP contribution >= 0.6 is 11.6 Å². The number of carbonyl (C=O) groups is 2. The lowest BCUT2D eigenvalue weighted by molar-refractivity contribution is -0.123. The molecule has 6 nitrogen and oxygen atoms in total. The van der Waals surface area contributed by atoms with E-state index in [2.05, 4.69) is 33.0 Å². The van der Waals surface area contributed by atoms with E-state index in [-0.39, 0.29) is 35.6 Å². The van der Waals surface area contributed by atoms with E-state index in [1.807, 2.05) is 61.5 Å². The van der Waals surface area contributed by atoms with Gasteiger partial charge in [-0.1, -0.05) is 76.0 Å². The number of nitrogens with one attached hydrogen (secondary N) is 1. The number of benzene rings is 3. The molecular weight excluding hydrogens is 524 g/mol. The van der Waals surface area contributed by atoms with Crippen molar-refractivity contribution in [2.24, 2.45) is 0 Å². The molecule has 1 atom stereocenters. The zero-order chi connectivity index (χ0) is 28.9. The molecule has 0 saturated heterocycles. The molecule has 0 saturated carbocycles. The second-order valence-electron chi connectivity index (χ2n) is 11.0. The SMILES string of the molecule is CCCCOc1ccc([C@H](C)NC(=O)CN2C(=O)/C(=C\c3ccc(Cl)cc3)Oc3ccc(C(C)(C)C)cc32)cc1. The van der Waals surface area contributed by atoms with E-state index >= 15 is 0 Å². The molecule has 3 aromatic rings. The lowest BCUT2D eigenvalue weighted by Gasteiger charge is -2.32. The Hall–Kier alpha value is -3.77. The summed E-state index contributed by atoms with van der Waals surface area (Å²) >= 11 is 6.02. The van der Waals surface area contributed by atoms with Crippen LogP contribution in [0.15, 0.2) is 72.5 Å². The number of hydrogen-bond donors (Lipinski definition) is 1. The molecule has 0 radical (unpaired) electrons. The standard InChI is InChI=1S/C33H37ClN2O4/c1-6-7-18-39-27-15-10-24(11-16-27)22(2)35-31(37)21-36-28-20-25(33(3,4)5)12-17-29(28)40-30(32(36)38)19-23-8-13-26(34)14-9-23/h8-17,19-20,22H,6-7,18,21H2,1-5H3,(H,35,37)/b30-19+/t22-/m0/s1. The number of nitrogens with zero attached hydrogens (tertiary/aromatic N) is 1. The fraction of sp³-hybridized carbons (Fsp3) is 0.333. The summed E-state index contributed by atoms with van der Waals surface area (Å²) < 4.78 is 11.8. The average Bonchev–Trinajstić information content (AvgIpc) is 2.92. The third kappa shape index (κ3) is 7.24. The van der Waals surface area contributed by atoms with Crippen LogP contribution in [0, 0.1) is 0 Å². The van der Waals surface area contributed by atoms with Crippen LogP contribution in [0.25, 0.3) is 6.08 Å². The van der Waals surface area contributed by atoms with Crippen molar-refractivity contribution in [2.45, 2.75) is 58.9 Å². The monoisotopic (exact) mass is 560 g/mol. The molecule has 1 aliphatic rings. The maximum Gasteiger partial charge on any atom is 0.294 e. The van der Waals surface area contributed by atoms with Crippen LogP contribution in [0.5, 0.6) is 11.5 Å². The highest BCUT2D eigenvalue weighted by atomic mass is 35.5. The van der Waals surface area contributed by atoms with E-state index in [1.165, 1.54) is 4.90 Å². The van der Waals surface area contributed by atoms with Gasteiger partial charge in [-0.3, -0.25) is 14.5 Å². The minimum absolute atomic E-state index is 0.137. The molecule has 3 aromatic carbocycles. The van der Waals surface area contributed by atoms with Gasteiger partial charge in [0.05, 0.1) is 18.3 Å². The van der Waals surface area contributed by atoms with Crippen molar-refractivity contribution in [3.63, 3.8) is 0 Å². The van der Waals surface area contributed by atoms with Crippen molar-refractivity contribution in [1.29, 1.82) is 0 Å². The summed E-state index contributed by atoms with van der Waals surface area (Å²) in [5.41, 5.74) is 3.17. The Bertz CT molecular complexity index is 1380. The first-order chi connectivity index (χ1) is 19.0. The Kier molecular flexibility index (Phi) is 9.21. The van der Waals surface area contributed by atoms with Gasteiger partial charge in [-0.05, 0) is 77.9 Å². The highest BCUT2D eigenvalue weighted by molar-refractivity contribution is 6.30. The van der Waals surface area contributed by atoms with Crippen LogP contribution in [0.4, 0.5) is 5.69 Å². The minimum Gasteiger partial charge on any atom is -0.494 e. The molecule has 40 heavy (non-hydrogen) atoms. The third-order valence-electron chi connectivity index (χ3n) is 6.79. The number of unbranched alkanes of at least 4 members (excludes halogenated alkanes) is 1. The van der Waals surface area contributed by atoms with Gasteiger partial charge in [0.25, 0.3) is 5.91 Å². The molecule has 0 bridgehead atoms. The fourth-order valence-corrected chi connectivity index (χ4v) is 4.47. The Morgan fingerprint density at radius 1 is 1.07 bits per heavy atom. The Morgan fingerprint density at radius 2 is 1.77 bits per heavy atom. The first kappa shape index (κ1) is 29.2. The topological polar surface area (TPSA) is 67.9 Å². The highest BCUT2D eigenvalue weighted by Crippen LogP contribution is 2.39. The van der Waals surface area contributed by atoms with Crippen molar-refractivity contribution in [2.75, 3.05) is 18.1 Å². The van der Waals surface area contributed by atoms with E-state index < -0.39 is 0 Å². The van der Waals surface area contributed by atoms with Gasteiger partial charge in [0.15, 0.2) is 11.5 Å². The maximum atomic E-state index is 13.7. The predicted molar refractivity (Wildman–Crippen MR) is 161 cm³/mol. The van der Waals surface area contributed by atoms with Crippen LogP contribution in [-0.2, 0) is 15.0 Å². The van der Waals surface area contributed by atoms with Crippen LogP contribution in [0.1, 0.15) is 70.2 Å². The van der Waals surface area contributed by atoms with E-state index in [0.29, 0.717) is 23.1 Å². The number of anilines is 1. The van der Waals surface area contributed by atoms with Gasteiger partial charge in [-0.2, -0.15) is 0 Å². The summed E-state index contributed by atoms with van der Waals surface area (Å²) in [5, 5.41) is 3.63. The molecular formula is C33H37ClN2O4. The molecule has 210 valence electrons. The molecule has 1 heterocycles. The zero-order valence-corrected chi connectivity index (χ0v) is 24.5. The summed E-state index contributed by atoms with van der Waals surface area (Å²) in [7, 11) is 0. The summed E-state index contributed by atoms with van der Waals surface area (Å²) in [5.74, 6) is 0.805. The van der Waals surface area contributed by atoms with Crippen LogP contribution in [-0.4, -0.2) is 25.0 Å². The maximum absolute atomic E-state index is 13.7. The second-order valence-corrected chi connectivity index (χ2v) is 11.5. The molecule has 0 fully saturated rings. The second kappa shape index (κ2) is 12.6. The summed E-state index contributed by atoms with van der Waals surface area (Å²) in [6.45, 7) is 10.9. The molecule has 0 unspecified atom stereocenters. The van der Waals surface area contributed by atoms with Crippen molar-refractivity contribution >= 4 is 35.2 Å². The summed E-state index contributed by atoms with van der Waals surface area (Å²) in [6, 6.07) is 20.4. The smallest absolute Gasteiger partial charge is 0.294 e. The Morgan fingerprint density at radius 3 is 2.42 bits per heavy atom. The molecule has 4 rings (SSSR count). The fourth-order valence-electron chi connectivity index (χ4n) is 4.35. The number of rotatable bonds is 9. The number of amides is 2. The van der Waals surface area contributed by atoms with Crippen molar-refractivity contribution < 1.29 is 19.1 Å². The van der Waals surface area contributed by atoms with Crippen molar-refractivity contribution in [1.82, 2.24) is 5.32 Å². The summed E-state index contributed by atoms with van der Waals surface area (Å²) in [4.78, 5) is 28.4. The molecule has 0 aromatic heterocycles. The van der Waals surface area contributed by atoms with Crippen LogP contribution in [0.2, 0.25) is 5.02 Å². The van der Waals surface area contributed by atoms with Gasteiger partial charge in [-0.15, -0.1) is 0 Å². The number of fused-ring (bicyclic) bond motifs is 1. The number of halogens is 1. The van der Waals surface area contributed by atoms with Crippen LogP contribution < -0.4 is 19.7 Å². The molecule has 1 aliphatic heterocycles. The number of carbonyl (C=O) groups excluding carboxylic acids is 2. The minimum atomic E-state index is -0.384. The number of hydrogen-bond acceptors (Lipinski definition) is 4. The Balaban J connectivity index is 1.55. The van der Waals surface area contributed by atoms with Crippen molar-refractivity contribution in [3.05, 3.63) is 94.2 Å². The lowest BCUT2D eigenvalue weighted by atomic mass is 9.86. The van der Waals surface area contributed by atoms with Gasteiger partial charge < -0.3 is 14.8 Å². The van der Waals surface area contributed by atoms with Gasteiger partial charge >= 0.3 is 0 Å². The molecule has 0 spiro atoms. The highest BCUT2D eigenvalue weighted by Gasteiger charge is 2.33. The average molecular weight is 561 g/mol. The third-order valence-corrected chi connectivity index (χ3v) is 7.04. The van der Waals surface area contributed by atoms with Gasteiger partial charge in [0.1, 0.15) is 12.3 Å². The van der Waals surface area contributed by atoms with Crippen LogP contribution in [0.3, 0.4) is 0 Å². The molecule has 0 aliphatic carbocycles. The first-order valence-electron chi connectivity index (χ1n) is 13.7. The Labute approximate surface area is 241 Å². The van der Waals surface area contributed by atoms with E-state index in [9.17, 15) is 9.59 Å². The zero-order valence-electron chi connectivity index (χ0n) is 23.8. The molecule has 2 amide bonds. The van der Waals surface area contributed by atoms with Gasteiger partial charge in [0, 0.05) is 5.02 Å². The van der Waals surface area contributed by atoms with E-state index in [4.69, 9.17) is 21.1 Å². The van der Waals surface area contributed by atoms with E-state index in [0.717, 1.165) is 35.3 Å². The summed E-state index contributed by atoms with van der Waals surface area (Å²) in [6.07, 6.45) is 3.75. The quantitative estimate of drug-likeness (QED) is 0.218. The molecule has 1 N–H and O–H groups in total. The van der Waals surface area contributed by atoms with E-state index in [1.54, 1.807) is 18.2 Å². The van der Waals surface area contributed by atoms with Gasteiger partial charge in [0.2, 0.25) is 5.91 Å². The van der Waals surface area contributed by atoms with Crippen molar-refractivity contribution in [3.8, 4) is 11.5 Å². The predicted octanol–water partition coefficient (Wildman–Crippen LogP) is 7.46. The lowest BCUT2D eigenvalue weighted by Crippen LogP contribution is -2.44. The number of ether oxygens (including phenoxy) is 2.